The number of rotatable bonds is 6. The number of terminal acetylenes is 1. The molecule has 0 saturated heterocycles. The molecule has 5 rings (SSSR count). The van der Waals surface area contributed by atoms with E-state index in [2.05, 4.69) is 21.2 Å². The number of amides is 2. The number of nitrogens with zero attached hydrogens (tertiary/aromatic N) is 4. The number of hydrogen-bond acceptors (Lipinski definition) is 5. The number of imidazole rings is 1. The van der Waals surface area contributed by atoms with Crippen molar-refractivity contribution in [3.8, 4) is 18.0 Å². The predicted molar refractivity (Wildman–Crippen MR) is 155 cm³/mol. The molecule has 0 aliphatic rings. The van der Waals surface area contributed by atoms with Crippen LogP contribution in [0.3, 0.4) is 0 Å². The van der Waals surface area contributed by atoms with Crippen molar-refractivity contribution in [1.82, 2.24) is 19.9 Å². The van der Waals surface area contributed by atoms with Crippen molar-refractivity contribution >= 4 is 28.8 Å². The third-order valence-electron chi connectivity index (χ3n) is 5.56. The van der Waals surface area contributed by atoms with Crippen LogP contribution in [0, 0.1) is 12.3 Å². The van der Waals surface area contributed by atoms with Gasteiger partial charge in [-0.1, -0.05) is 0 Å². The van der Waals surface area contributed by atoms with Gasteiger partial charge < -0.3 is 14.8 Å². The van der Waals surface area contributed by atoms with Crippen molar-refractivity contribution in [3.63, 3.8) is 0 Å². The van der Waals surface area contributed by atoms with Crippen molar-refractivity contribution in [1.29, 1.82) is 0 Å². The number of carbonyl (C=O) groups excluding carboxylic acids is 2. The third kappa shape index (κ3) is 7.67. The molecular formula is C31H29FeN5O2S. The largest absolute Gasteiger partial charge is 2.00 e. The van der Waals surface area contributed by atoms with Crippen LogP contribution in [0.2, 0.25) is 0 Å². The summed E-state index contributed by atoms with van der Waals surface area (Å²) in [6, 6.07) is 23.8. The smallest absolute Gasteiger partial charge is 0.350 e. The zero-order valence-corrected chi connectivity index (χ0v) is 24.3. The third-order valence-corrected chi connectivity index (χ3v) is 6.33. The molecule has 5 aromatic rings. The molecule has 0 aliphatic carbocycles. The SMILES string of the molecule is C#Cc1nc(C(=O)N(c2ccc(-n3ccnc3)cc2)C(C(=O)NC(C)(C)C)c2cc[cH-]c2)cs1.[Fe+2].c1cc[cH-]c1. The summed E-state index contributed by atoms with van der Waals surface area (Å²) in [7, 11) is 0. The van der Waals surface area contributed by atoms with Crippen LogP contribution in [0.25, 0.3) is 5.69 Å². The van der Waals surface area contributed by atoms with Crippen molar-refractivity contribution < 1.29 is 26.7 Å². The average Bonchev–Trinajstić information content (AvgIpc) is 3.73. The molecule has 1 unspecified atom stereocenters. The molecule has 0 aliphatic heterocycles. The molecular weight excluding hydrogens is 562 g/mol. The van der Waals surface area contributed by atoms with Gasteiger partial charge in [0.2, 0.25) is 5.91 Å². The second kappa shape index (κ2) is 13.7. The summed E-state index contributed by atoms with van der Waals surface area (Å²) in [4.78, 5) is 37.2. The molecule has 2 heterocycles. The van der Waals surface area contributed by atoms with Crippen LogP contribution in [0.5, 0.6) is 0 Å². The number of carbonyl (C=O) groups is 2. The van der Waals surface area contributed by atoms with E-state index in [1.54, 1.807) is 17.9 Å². The van der Waals surface area contributed by atoms with Gasteiger partial charge in [0, 0.05) is 34.7 Å². The molecule has 7 nitrogen and oxygen atoms in total. The number of benzene rings is 1. The summed E-state index contributed by atoms with van der Waals surface area (Å²) >= 11 is 1.21. The van der Waals surface area contributed by atoms with Crippen LogP contribution in [0.1, 0.15) is 47.9 Å². The van der Waals surface area contributed by atoms with Gasteiger partial charge in [-0.3, -0.25) is 9.59 Å². The first-order chi connectivity index (χ1) is 18.8. The van der Waals surface area contributed by atoms with Gasteiger partial charge in [0.05, 0.1) is 12.4 Å². The summed E-state index contributed by atoms with van der Waals surface area (Å²) in [5.41, 5.74) is 1.83. The second-order valence-corrected chi connectivity index (χ2v) is 10.5. The normalized spacial score (nSPS) is 11.2. The maximum absolute atomic E-state index is 13.8. The Morgan fingerprint density at radius 2 is 1.82 bits per heavy atom. The fraction of sp³-hybridized carbons (Fsp3) is 0.161. The first kappa shape index (κ1) is 30.3. The van der Waals surface area contributed by atoms with Crippen molar-refractivity contribution in [2.24, 2.45) is 0 Å². The first-order valence-corrected chi connectivity index (χ1v) is 13.2. The molecule has 3 aromatic carbocycles. The first-order valence-electron chi connectivity index (χ1n) is 12.3. The fourth-order valence-electron chi connectivity index (χ4n) is 3.89. The van der Waals surface area contributed by atoms with E-state index in [1.165, 1.54) is 16.2 Å². The predicted octanol–water partition coefficient (Wildman–Crippen LogP) is 5.73. The summed E-state index contributed by atoms with van der Waals surface area (Å²) in [6.45, 7) is 5.70. The van der Waals surface area contributed by atoms with Gasteiger partial charge in [0.15, 0.2) is 5.01 Å². The minimum Gasteiger partial charge on any atom is -0.350 e. The molecule has 0 bridgehead atoms. The summed E-state index contributed by atoms with van der Waals surface area (Å²) < 4.78 is 1.86. The van der Waals surface area contributed by atoms with Crippen molar-refractivity contribution in [3.05, 3.63) is 119 Å². The minimum atomic E-state index is -0.906. The zero-order valence-electron chi connectivity index (χ0n) is 22.3. The Bertz CT molecular complexity index is 1490. The van der Waals surface area contributed by atoms with Crippen LogP contribution in [-0.2, 0) is 21.9 Å². The van der Waals surface area contributed by atoms with Gasteiger partial charge >= 0.3 is 17.1 Å². The molecule has 2 amide bonds. The summed E-state index contributed by atoms with van der Waals surface area (Å²) in [5.74, 6) is 1.76. The van der Waals surface area contributed by atoms with Crippen LogP contribution in [-0.4, -0.2) is 31.9 Å². The van der Waals surface area contributed by atoms with Crippen molar-refractivity contribution in [2.45, 2.75) is 32.4 Å². The minimum absolute atomic E-state index is 0. The van der Waals surface area contributed by atoms with E-state index in [1.807, 2.05) is 110 Å². The number of thiazole rings is 1. The van der Waals surface area contributed by atoms with Gasteiger partial charge in [0.1, 0.15) is 5.69 Å². The maximum atomic E-state index is 13.8. The Morgan fingerprint density at radius 3 is 2.33 bits per heavy atom. The van der Waals surface area contributed by atoms with Crippen LogP contribution in [0.15, 0.2) is 103 Å². The fourth-order valence-corrected chi connectivity index (χ4v) is 4.49. The van der Waals surface area contributed by atoms with Gasteiger partial charge in [-0.05, 0) is 51.0 Å². The number of nitrogens with one attached hydrogen (secondary N) is 1. The van der Waals surface area contributed by atoms with E-state index in [0.29, 0.717) is 16.3 Å². The van der Waals surface area contributed by atoms with Gasteiger partial charge in [-0.25, -0.2) is 28.2 Å². The Balaban J connectivity index is 0.000000662. The molecule has 0 radical (unpaired) electrons. The van der Waals surface area contributed by atoms with Crippen LogP contribution in [0.4, 0.5) is 5.69 Å². The molecule has 1 atom stereocenters. The van der Waals surface area contributed by atoms with Crippen LogP contribution < -0.4 is 10.2 Å². The van der Waals surface area contributed by atoms with E-state index < -0.39 is 17.5 Å². The van der Waals surface area contributed by atoms with E-state index >= 15 is 0 Å². The van der Waals surface area contributed by atoms with E-state index in [4.69, 9.17) is 6.42 Å². The molecule has 1 N–H and O–H groups in total. The molecule has 0 saturated carbocycles. The Kier molecular flexibility index (Phi) is 10.4. The summed E-state index contributed by atoms with van der Waals surface area (Å²) in [6.07, 6.45) is 10.7. The topological polar surface area (TPSA) is 80.1 Å². The number of aromatic nitrogens is 3. The number of hydrogen-bond donors (Lipinski definition) is 1. The summed E-state index contributed by atoms with van der Waals surface area (Å²) in [5, 5.41) is 5.04. The molecule has 0 fully saturated rings. The average molecular weight is 592 g/mol. The van der Waals surface area contributed by atoms with Gasteiger partial charge in [0.25, 0.3) is 5.91 Å². The molecule has 2 aromatic heterocycles. The van der Waals surface area contributed by atoms with Crippen LogP contribution >= 0.6 is 11.3 Å². The Hall–Kier alpha value is -4.22. The second-order valence-electron chi connectivity index (χ2n) is 9.67. The quantitative estimate of drug-likeness (QED) is 0.155. The molecule has 0 spiro atoms. The van der Waals surface area contributed by atoms with E-state index in [0.717, 1.165) is 5.69 Å². The zero-order chi connectivity index (χ0) is 27.8. The van der Waals surface area contributed by atoms with Gasteiger partial charge in [-0.15, -0.1) is 17.8 Å². The molecule has 9 heteroatoms. The maximum Gasteiger partial charge on any atom is 2.00 e. The molecule has 40 heavy (non-hydrogen) atoms. The standard InChI is InChI=1S/C26H24N5O2S.C5H5.Fe/c1-5-22-28-21(16-34-22)25(33)31(20-12-10-19(11-13-20)30-15-14-27-17-30)23(18-8-6-7-9-18)24(32)29-26(2,3)4;1-2-4-5-3-1;/h1,6-17,23H,2-4H3,(H,29,32);1-5H;/q2*-1;+2. The monoisotopic (exact) mass is 591 g/mol. The Morgan fingerprint density at radius 1 is 1.10 bits per heavy atom. The van der Waals surface area contributed by atoms with Gasteiger partial charge in [-0.2, -0.15) is 42.0 Å². The number of anilines is 1. The van der Waals surface area contributed by atoms with Crippen molar-refractivity contribution in [2.75, 3.05) is 4.90 Å². The van der Waals surface area contributed by atoms with E-state index in [-0.39, 0.29) is 28.7 Å². The van der Waals surface area contributed by atoms with E-state index in [9.17, 15) is 9.59 Å². The Labute approximate surface area is 249 Å². The molecule has 204 valence electrons.